The van der Waals surface area contributed by atoms with Gasteiger partial charge in [0.15, 0.2) is 0 Å². The lowest BCUT2D eigenvalue weighted by Crippen LogP contribution is -2.32. The van der Waals surface area contributed by atoms with E-state index in [9.17, 15) is 4.79 Å². The zero-order chi connectivity index (χ0) is 16.7. The summed E-state index contributed by atoms with van der Waals surface area (Å²) in [5.41, 5.74) is 0.969. The minimum atomic E-state index is 0.0644. The zero-order valence-electron chi connectivity index (χ0n) is 13.3. The van der Waals surface area contributed by atoms with Gasteiger partial charge in [0, 0.05) is 11.5 Å². The van der Waals surface area contributed by atoms with Crippen molar-refractivity contribution >= 4 is 21.8 Å². The van der Waals surface area contributed by atoms with E-state index < -0.39 is 0 Å². The quantitative estimate of drug-likeness (QED) is 0.740. The third-order valence-corrected chi connectivity index (χ3v) is 3.98. The highest BCUT2D eigenvalue weighted by Crippen LogP contribution is 2.16. The number of benzene rings is 2. The lowest BCUT2D eigenvalue weighted by Gasteiger charge is -2.17. The molecule has 0 saturated carbocycles. The molecule has 0 bridgehead atoms. The summed E-state index contributed by atoms with van der Waals surface area (Å²) >= 11 is 3.38. The molecular formula is C18H20BrNO3. The fourth-order valence-electron chi connectivity index (χ4n) is 2.01. The largest absolute Gasteiger partial charge is 0.497 e. The Labute approximate surface area is 145 Å². The van der Waals surface area contributed by atoms with Crippen molar-refractivity contribution in [2.75, 3.05) is 27.3 Å². The van der Waals surface area contributed by atoms with E-state index in [1.165, 1.54) is 0 Å². The summed E-state index contributed by atoms with van der Waals surface area (Å²) in [5, 5.41) is 0. The molecule has 0 N–H and O–H groups in total. The van der Waals surface area contributed by atoms with Crippen LogP contribution in [0.2, 0.25) is 0 Å². The Hall–Kier alpha value is -2.01. The van der Waals surface area contributed by atoms with Gasteiger partial charge in [-0.2, -0.15) is 0 Å². The monoisotopic (exact) mass is 377 g/mol. The first-order valence-electron chi connectivity index (χ1n) is 7.34. The molecule has 0 spiro atoms. The van der Waals surface area contributed by atoms with E-state index in [1.54, 1.807) is 19.1 Å². The zero-order valence-corrected chi connectivity index (χ0v) is 14.9. The molecule has 0 aliphatic carbocycles. The lowest BCUT2D eigenvalue weighted by atomic mass is 10.1. The van der Waals surface area contributed by atoms with Crippen molar-refractivity contribution < 1.29 is 14.3 Å². The molecule has 0 unspecified atom stereocenters. The highest BCUT2D eigenvalue weighted by atomic mass is 79.9. The van der Waals surface area contributed by atoms with Gasteiger partial charge in [0.2, 0.25) is 5.91 Å². The van der Waals surface area contributed by atoms with Gasteiger partial charge in [0.25, 0.3) is 0 Å². The van der Waals surface area contributed by atoms with Crippen molar-refractivity contribution in [1.82, 2.24) is 4.90 Å². The third-order valence-electron chi connectivity index (χ3n) is 3.45. The van der Waals surface area contributed by atoms with Gasteiger partial charge >= 0.3 is 0 Å². The Morgan fingerprint density at radius 3 is 2.26 bits per heavy atom. The number of carbonyl (C=O) groups is 1. The number of amides is 1. The average molecular weight is 378 g/mol. The number of methoxy groups -OCH3 is 1. The summed E-state index contributed by atoms with van der Waals surface area (Å²) in [6.07, 6.45) is 0.374. The van der Waals surface area contributed by atoms with E-state index in [2.05, 4.69) is 15.9 Å². The normalized spacial score (nSPS) is 10.2. The number of carbonyl (C=O) groups excluding carboxylic acids is 1. The van der Waals surface area contributed by atoms with Crippen molar-refractivity contribution in [1.29, 1.82) is 0 Å². The van der Waals surface area contributed by atoms with Crippen LogP contribution in [0.3, 0.4) is 0 Å². The Kier molecular flexibility index (Phi) is 6.47. The molecule has 23 heavy (non-hydrogen) atoms. The van der Waals surface area contributed by atoms with Gasteiger partial charge in [-0.25, -0.2) is 0 Å². The van der Waals surface area contributed by atoms with Gasteiger partial charge in [-0.05, 0) is 42.0 Å². The minimum Gasteiger partial charge on any atom is -0.497 e. The first-order chi connectivity index (χ1) is 11.1. The van der Waals surface area contributed by atoms with E-state index >= 15 is 0 Å². The van der Waals surface area contributed by atoms with Crippen LogP contribution in [0.15, 0.2) is 53.0 Å². The number of hydrogen-bond acceptors (Lipinski definition) is 3. The summed E-state index contributed by atoms with van der Waals surface area (Å²) in [7, 11) is 3.41. The van der Waals surface area contributed by atoms with E-state index in [0.29, 0.717) is 19.6 Å². The minimum absolute atomic E-state index is 0.0644. The summed E-state index contributed by atoms with van der Waals surface area (Å²) in [6.45, 7) is 1.01. The van der Waals surface area contributed by atoms with Gasteiger partial charge in [0.05, 0.1) is 20.1 Å². The Bertz CT molecular complexity index is 626. The topological polar surface area (TPSA) is 38.8 Å². The number of hydrogen-bond donors (Lipinski definition) is 0. The molecule has 2 aromatic carbocycles. The highest BCUT2D eigenvalue weighted by Gasteiger charge is 2.10. The van der Waals surface area contributed by atoms with Crippen molar-refractivity contribution in [3.8, 4) is 11.5 Å². The van der Waals surface area contributed by atoms with Crippen LogP contribution in [0.4, 0.5) is 0 Å². The second-order valence-corrected chi connectivity index (χ2v) is 6.06. The maximum atomic E-state index is 12.2. The van der Waals surface area contributed by atoms with E-state index in [4.69, 9.17) is 9.47 Å². The molecule has 0 atom stereocenters. The summed E-state index contributed by atoms with van der Waals surface area (Å²) < 4.78 is 11.8. The third kappa shape index (κ3) is 5.60. The molecule has 0 radical (unpaired) electrons. The number of nitrogens with zero attached hydrogens (tertiary/aromatic N) is 1. The molecule has 5 heteroatoms. The molecule has 1 amide bonds. The van der Waals surface area contributed by atoms with Gasteiger partial charge in [-0.1, -0.05) is 28.1 Å². The maximum Gasteiger partial charge on any atom is 0.226 e. The fraction of sp³-hybridized carbons (Fsp3) is 0.278. The predicted octanol–water partition coefficient (Wildman–Crippen LogP) is 3.54. The van der Waals surface area contributed by atoms with E-state index in [-0.39, 0.29) is 5.91 Å². The molecule has 0 fully saturated rings. The molecule has 0 aromatic heterocycles. The predicted molar refractivity (Wildman–Crippen MR) is 94.0 cm³/mol. The van der Waals surface area contributed by atoms with E-state index in [0.717, 1.165) is 21.5 Å². The van der Waals surface area contributed by atoms with Crippen LogP contribution in [-0.2, 0) is 11.2 Å². The molecule has 2 rings (SSSR count). The summed E-state index contributed by atoms with van der Waals surface area (Å²) in [6, 6.07) is 15.2. The van der Waals surface area contributed by atoms with Gasteiger partial charge in [-0.15, -0.1) is 0 Å². The average Bonchev–Trinajstić information content (AvgIpc) is 2.57. The van der Waals surface area contributed by atoms with Gasteiger partial charge in [-0.3, -0.25) is 4.79 Å². The number of ether oxygens (including phenoxy) is 2. The molecule has 0 saturated heterocycles. The Balaban J connectivity index is 1.76. The molecule has 4 nitrogen and oxygen atoms in total. The smallest absolute Gasteiger partial charge is 0.226 e. The van der Waals surface area contributed by atoms with Crippen molar-refractivity contribution in [3.05, 3.63) is 58.6 Å². The van der Waals surface area contributed by atoms with Crippen molar-refractivity contribution in [2.45, 2.75) is 6.42 Å². The second kappa shape index (κ2) is 8.58. The standard InChI is InChI=1S/C18H20BrNO3/c1-20(11-12-23-17-9-5-15(19)6-10-17)18(21)13-14-3-7-16(22-2)8-4-14/h3-10H,11-13H2,1-2H3. The Morgan fingerprint density at radius 1 is 1.04 bits per heavy atom. The SMILES string of the molecule is COc1ccc(CC(=O)N(C)CCOc2ccc(Br)cc2)cc1. The van der Waals surface area contributed by atoms with Crippen LogP contribution in [0.25, 0.3) is 0 Å². The van der Waals surface area contributed by atoms with Crippen molar-refractivity contribution in [2.24, 2.45) is 0 Å². The fourth-order valence-corrected chi connectivity index (χ4v) is 2.27. The van der Waals surface area contributed by atoms with E-state index in [1.807, 2.05) is 48.5 Å². The van der Waals surface area contributed by atoms with Crippen molar-refractivity contribution in [3.63, 3.8) is 0 Å². The first kappa shape index (κ1) is 17.3. The summed E-state index contributed by atoms with van der Waals surface area (Å²) in [4.78, 5) is 13.9. The number of likely N-dealkylation sites (N-methyl/N-ethyl adjacent to an activating group) is 1. The second-order valence-electron chi connectivity index (χ2n) is 5.14. The van der Waals surface area contributed by atoms with Crippen LogP contribution in [0.1, 0.15) is 5.56 Å². The molecular weight excluding hydrogens is 358 g/mol. The molecule has 2 aromatic rings. The number of halogens is 1. The van der Waals surface area contributed by atoms with Crippen LogP contribution >= 0.6 is 15.9 Å². The van der Waals surface area contributed by atoms with Gasteiger partial charge in [0.1, 0.15) is 18.1 Å². The molecule has 0 aliphatic rings. The van der Waals surface area contributed by atoms with Crippen LogP contribution < -0.4 is 9.47 Å². The maximum absolute atomic E-state index is 12.2. The molecule has 122 valence electrons. The lowest BCUT2D eigenvalue weighted by molar-refractivity contribution is -0.129. The molecule has 0 aliphatic heterocycles. The van der Waals surface area contributed by atoms with Crippen LogP contribution in [-0.4, -0.2) is 38.1 Å². The molecule has 0 heterocycles. The first-order valence-corrected chi connectivity index (χ1v) is 8.13. The summed E-state index contributed by atoms with van der Waals surface area (Å²) in [5.74, 6) is 1.65. The highest BCUT2D eigenvalue weighted by molar-refractivity contribution is 9.10. The van der Waals surface area contributed by atoms with Crippen LogP contribution in [0.5, 0.6) is 11.5 Å². The number of rotatable bonds is 7. The van der Waals surface area contributed by atoms with Crippen LogP contribution in [0, 0.1) is 0 Å². The van der Waals surface area contributed by atoms with Gasteiger partial charge < -0.3 is 14.4 Å². The Morgan fingerprint density at radius 2 is 1.65 bits per heavy atom.